The molecule has 3 N–H and O–H groups in total. The van der Waals surface area contributed by atoms with E-state index in [0.717, 1.165) is 5.56 Å². The number of nitrogens with zero attached hydrogens (tertiary/aromatic N) is 1. The quantitative estimate of drug-likeness (QED) is 0.694. The molecule has 0 aliphatic rings. The molecule has 1 atom stereocenters. The Bertz CT molecular complexity index is 367. The molecule has 2 amide bonds. The summed E-state index contributed by atoms with van der Waals surface area (Å²) < 4.78 is 0. The first kappa shape index (κ1) is 12.0. The van der Waals surface area contributed by atoms with E-state index in [2.05, 4.69) is 15.6 Å². The van der Waals surface area contributed by atoms with E-state index in [4.69, 9.17) is 5.11 Å². The minimum absolute atomic E-state index is 0.220. The molecule has 1 rings (SSSR count). The molecule has 86 valence electrons. The maximum Gasteiger partial charge on any atom is 0.323 e. The van der Waals surface area contributed by atoms with E-state index in [1.54, 1.807) is 25.4 Å². The zero-order chi connectivity index (χ0) is 12.0. The second kappa shape index (κ2) is 5.69. The van der Waals surface area contributed by atoms with Gasteiger partial charge in [0.05, 0.1) is 6.04 Å². The molecule has 16 heavy (non-hydrogen) atoms. The standard InChI is InChI=1S/C10H13N3O3/c1-7(8-3-2-4-11-5-8)13-10(16)12-6-9(14)15/h2-5,7H,6H2,1H3,(H,14,15)(H2,12,13,16). The lowest BCUT2D eigenvalue weighted by Crippen LogP contribution is -2.39. The Hall–Kier alpha value is -2.11. The van der Waals surface area contributed by atoms with Gasteiger partial charge in [-0.25, -0.2) is 4.79 Å². The summed E-state index contributed by atoms with van der Waals surface area (Å²) in [6.45, 7) is 1.39. The lowest BCUT2D eigenvalue weighted by molar-refractivity contribution is -0.135. The second-order valence-electron chi connectivity index (χ2n) is 3.23. The summed E-state index contributed by atoms with van der Waals surface area (Å²) in [6.07, 6.45) is 3.28. The third kappa shape index (κ3) is 3.95. The number of hydrogen-bond acceptors (Lipinski definition) is 3. The molecule has 1 heterocycles. The summed E-state index contributed by atoms with van der Waals surface area (Å²) in [5.74, 6) is -1.08. The Balaban J connectivity index is 2.43. The van der Waals surface area contributed by atoms with Gasteiger partial charge in [0.2, 0.25) is 0 Å². The fraction of sp³-hybridized carbons (Fsp3) is 0.300. The van der Waals surface area contributed by atoms with E-state index in [9.17, 15) is 9.59 Å². The zero-order valence-corrected chi connectivity index (χ0v) is 8.80. The van der Waals surface area contributed by atoms with Gasteiger partial charge in [0.15, 0.2) is 0 Å². The van der Waals surface area contributed by atoms with Crippen LogP contribution in [0.5, 0.6) is 0 Å². The van der Waals surface area contributed by atoms with Gasteiger partial charge in [0.25, 0.3) is 0 Å². The Morgan fingerprint density at radius 1 is 1.56 bits per heavy atom. The number of urea groups is 1. The maximum atomic E-state index is 11.2. The van der Waals surface area contributed by atoms with Crippen LogP contribution < -0.4 is 10.6 Å². The molecule has 0 saturated heterocycles. The lowest BCUT2D eigenvalue weighted by Gasteiger charge is -2.13. The fourth-order valence-corrected chi connectivity index (χ4v) is 1.12. The number of aromatic nitrogens is 1. The van der Waals surface area contributed by atoms with Crippen LogP contribution in [0.2, 0.25) is 0 Å². The molecule has 1 unspecified atom stereocenters. The molecular formula is C10H13N3O3. The van der Waals surface area contributed by atoms with E-state index in [-0.39, 0.29) is 6.04 Å². The van der Waals surface area contributed by atoms with Crippen molar-refractivity contribution in [2.75, 3.05) is 6.54 Å². The summed E-state index contributed by atoms with van der Waals surface area (Å²) in [4.78, 5) is 25.4. The van der Waals surface area contributed by atoms with Gasteiger partial charge < -0.3 is 15.7 Å². The molecule has 6 heteroatoms. The van der Waals surface area contributed by atoms with Crippen molar-refractivity contribution >= 4 is 12.0 Å². The smallest absolute Gasteiger partial charge is 0.323 e. The number of pyridine rings is 1. The average Bonchev–Trinajstić information content (AvgIpc) is 2.27. The third-order valence-corrected chi connectivity index (χ3v) is 1.93. The van der Waals surface area contributed by atoms with Crippen molar-refractivity contribution in [1.82, 2.24) is 15.6 Å². The Morgan fingerprint density at radius 3 is 2.88 bits per heavy atom. The van der Waals surface area contributed by atoms with Gasteiger partial charge in [-0.1, -0.05) is 6.07 Å². The molecule has 0 aromatic carbocycles. The highest BCUT2D eigenvalue weighted by Crippen LogP contribution is 2.08. The highest BCUT2D eigenvalue weighted by atomic mass is 16.4. The average molecular weight is 223 g/mol. The van der Waals surface area contributed by atoms with Crippen LogP contribution in [0.15, 0.2) is 24.5 Å². The van der Waals surface area contributed by atoms with Crippen molar-refractivity contribution in [3.63, 3.8) is 0 Å². The number of carbonyl (C=O) groups is 2. The molecule has 0 spiro atoms. The highest BCUT2D eigenvalue weighted by molar-refractivity contribution is 5.80. The molecular weight excluding hydrogens is 210 g/mol. The number of aliphatic carboxylic acids is 1. The third-order valence-electron chi connectivity index (χ3n) is 1.93. The fourth-order valence-electron chi connectivity index (χ4n) is 1.12. The molecule has 0 aliphatic carbocycles. The van der Waals surface area contributed by atoms with Crippen molar-refractivity contribution in [1.29, 1.82) is 0 Å². The monoisotopic (exact) mass is 223 g/mol. The van der Waals surface area contributed by atoms with E-state index in [1.807, 2.05) is 6.07 Å². The van der Waals surface area contributed by atoms with Crippen molar-refractivity contribution in [2.24, 2.45) is 0 Å². The van der Waals surface area contributed by atoms with Crippen LogP contribution in [-0.4, -0.2) is 28.6 Å². The summed E-state index contributed by atoms with van der Waals surface area (Å²) in [6, 6.07) is 2.86. The van der Waals surface area contributed by atoms with Crippen molar-refractivity contribution in [2.45, 2.75) is 13.0 Å². The van der Waals surface area contributed by atoms with Crippen molar-refractivity contribution < 1.29 is 14.7 Å². The lowest BCUT2D eigenvalue weighted by atomic mass is 10.1. The zero-order valence-electron chi connectivity index (χ0n) is 8.80. The van der Waals surface area contributed by atoms with Crippen molar-refractivity contribution in [3.8, 4) is 0 Å². The predicted octanol–water partition coefficient (Wildman–Crippen LogP) is 0.526. The normalized spacial score (nSPS) is 11.6. The largest absolute Gasteiger partial charge is 0.480 e. The maximum absolute atomic E-state index is 11.2. The van der Waals surface area contributed by atoms with E-state index < -0.39 is 18.5 Å². The molecule has 1 aromatic rings. The number of carboxylic acids is 1. The molecule has 0 aliphatic heterocycles. The van der Waals surface area contributed by atoms with Gasteiger partial charge in [0.1, 0.15) is 6.54 Å². The number of rotatable bonds is 4. The van der Waals surface area contributed by atoms with Gasteiger partial charge in [-0.2, -0.15) is 0 Å². The van der Waals surface area contributed by atoms with Crippen LogP contribution in [0.3, 0.4) is 0 Å². The topological polar surface area (TPSA) is 91.3 Å². The summed E-state index contributed by atoms with van der Waals surface area (Å²) in [7, 11) is 0. The van der Waals surface area contributed by atoms with E-state index >= 15 is 0 Å². The Morgan fingerprint density at radius 2 is 2.31 bits per heavy atom. The minimum atomic E-state index is -1.08. The van der Waals surface area contributed by atoms with Gasteiger partial charge in [-0.3, -0.25) is 9.78 Å². The van der Waals surface area contributed by atoms with E-state index in [1.165, 1.54) is 0 Å². The number of nitrogens with one attached hydrogen (secondary N) is 2. The summed E-state index contributed by atoms with van der Waals surface area (Å²) in [5, 5.41) is 13.2. The number of carbonyl (C=O) groups excluding carboxylic acids is 1. The Kier molecular flexibility index (Phi) is 4.26. The van der Waals surface area contributed by atoms with E-state index in [0.29, 0.717) is 0 Å². The molecule has 0 radical (unpaired) electrons. The first-order valence-corrected chi connectivity index (χ1v) is 4.75. The van der Waals surface area contributed by atoms with Crippen LogP contribution >= 0.6 is 0 Å². The molecule has 0 saturated carbocycles. The van der Waals surface area contributed by atoms with Crippen LogP contribution in [0.4, 0.5) is 4.79 Å². The highest BCUT2D eigenvalue weighted by Gasteiger charge is 2.09. The first-order chi connectivity index (χ1) is 7.59. The van der Waals surface area contributed by atoms with Crippen LogP contribution in [-0.2, 0) is 4.79 Å². The van der Waals surface area contributed by atoms with Crippen LogP contribution in [0.25, 0.3) is 0 Å². The van der Waals surface area contributed by atoms with Gasteiger partial charge in [-0.05, 0) is 18.6 Å². The van der Waals surface area contributed by atoms with Gasteiger partial charge in [0, 0.05) is 12.4 Å². The van der Waals surface area contributed by atoms with Gasteiger partial charge >= 0.3 is 12.0 Å². The summed E-state index contributed by atoms with van der Waals surface area (Å²) >= 11 is 0. The van der Waals surface area contributed by atoms with Crippen LogP contribution in [0, 0.1) is 0 Å². The molecule has 6 nitrogen and oxygen atoms in total. The predicted molar refractivity (Wildman–Crippen MR) is 56.8 cm³/mol. The molecule has 0 fully saturated rings. The second-order valence-corrected chi connectivity index (χ2v) is 3.23. The Labute approximate surface area is 92.7 Å². The minimum Gasteiger partial charge on any atom is -0.480 e. The first-order valence-electron chi connectivity index (χ1n) is 4.75. The van der Waals surface area contributed by atoms with Crippen LogP contribution in [0.1, 0.15) is 18.5 Å². The number of amides is 2. The SMILES string of the molecule is CC(NC(=O)NCC(=O)O)c1cccnc1. The van der Waals surface area contributed by atoms with Gasteiger partial charge in [-0.15, -0.1) is 0 Å². The molecule has 1 aromatic heterocycles. The molecule has 0 bridgehead atoms. The number of hydrogen-bond donors (Lipinski definition) is 3. The van der Waals surface area contributed by atoms with Crippen molar-refractivity contribution in [3.05, 3.63) is 30.1 Å². The number of carboxylic acid groups (broad SMARTS) is 1. The summed E-state index contributed by atoms with van der Waals surface area (Å²) in [5.41, 5.74) is 0.855.